The Kier molecular flexibility index (Phi) is 3.87. The van der Waals surface area contributed by atoms with E-state index in [1.165, 1.54) is 0 Å². The number of nitrogens with one attached hydrogen (secondary N) is 1. The highest BCUT2D eigenvalue weighted by Gasteiger charge is 2.32. The first kappa shape index (κ1) is 13.6. The molecule has 0 unspecified atom stereocenters. The maximum Gasteiger partial charge on any atom is 0.222 e. The summed E-state index contributed by atoms with van der Waals surface area (Å²) in [5.74, 6) is 0.872. The number of nitrogen functional groups attached to an aromatic ring is 1. The van der Waals surface area contributed by atoms with Crippen LogP contribution < -0.4 is 16.8 Å². The van der Waals surface area contributed by atoms with Crippen LogP contribution in [0.4, 0.5) is 11.8 Å². The van der Waals surface area contributed by atoms with Crippen LogP contribution in [-0.2, 0) is 4.79 Å². The van der Waals surface area contributed by atoms with Gasteiger partial charge in [-0.1, -0.05) is 20.3 Å². The summed E-state index contributed by atoms with van der Waals surface area (Å²) in [4.78, 5) is 19.7. The van der Waals surface area contributed by atoms with Gasteiger partial charge in [0, 0.05) is 17.8 Å². The van der Waals surface area contributed by atoms with Gasteiger partial charge >= 0.3 is 0 Å². The van der Waals surface area contributed by atoms with Crippen molar-refractivity contribution >= 4 is 17.7 Å². The zero-order chi connectivity index (χ0) is 14.0. The fourth-order valence-electron chi connectivity index (χ4n) is 2.59. The van der Waals surface area contributed by atoms with E-state index in [4.69, 9.17) is 11.5 Å². The van der Waals surface area contributed by atoms with E-state index in [1.807, 2.05) is 0 Å². The van der Waals surface area contributed by atoms with Gasteiger partial charge < -0.3 is 16.8 Å². The molecular weight excluding hydrogens is 242 g/mol. The lowest BCUT2D eigenvalue weighted by Gasteiger charge is -2.21. The van der Waals surface area contributed by atoms with Gasteiger partial charge in [-0.25, -0.2) is 4.98 Å². The van der Waals surface area contributed by atoms with E-state index in [-0.39, 0.29) is 29.7 Å². The van der Waals surface area contributed by atoms with Crippen molar-refractivity contribution in [1.29, 1.82) is 0 Å². The van der Waals surface area contributed by atoms with Crippen molar-refractivity contribution in [2.75, 3.05) is 11.1 Å². The third-order valence-corrected chi connectivity index (χ3v) is 3.66. The molecule has 0 radical (unpaired) electrons. The number of carbonyl (C=O) groups is 1. The zero-order valence-electron chi connectivity index (χ0n) is 11.4. The fourth-order valence-corrected chi connectivity index (χ4v) is 2.59. The Morgan fingerprint density at radius 1 is 1.47 bits per heavy atom. The van der Waals surface area contributed by atoms with Crippen LogP contribution in [0.25, 0.3) is 0 Å². The van der Waals surface area contributed by atoms with Crippen molar-refractivity contribution in [3.63, 3.8) is 0 Å². The van der Waals surface area contributed by atoms with E-state index in [0.29, 0.717) is 0 Å². The molecule has 0 spiro atoms. The molecule has 0 aliphatic heterocycles. The lowest BCUT2D eigenvalue weighted by Crippen LogP contribution is -2.34. The molecule has 104 valence electrons. The first-order valence-corrected chi connectivity index (χ1v) is 6.67. The lowest BCUT2D eigenvalue weighted by atomic mass is 10.0. The second-order valence-corrected chi connectivity index (χ2v) is 5.38. The minimum absolute atomic E-state index is 0.0456. The van der Waals surface area contributed by atoms with Gasteiger partial charge in [0.05, 0.1) is 5.92 Å². The number of hydrogen-bond donors (Lipinski definition) is 3. The summed E-state index contributed by atoms with van der Waals surface area (Å²) >= 11 is 0. The molecule has 0 aromatic carbocycles. The summed E-state index contributed by atoms with van der Waals surface area (Å²) in [5, 5.41) is 3.33. The molecule has 1 heterocycles. The average molecular weight is 263 g/mol. The number of nitrogens with two attached hydrogens (primary N) is 2. The summed E-state index contributed by atoms with van der Waals surface area (Å²) in [6.07, 6.45) is 4.51. The molecule has 1 aromatic heterocycles. The molecule has 6 nitrogen and oxygen atoms in total. The first-order valence-electron chi connectivity index (χ1n) is 6.67. The van der Waals surface area contributed by atoms with E-state index in [1.54, 1.807) is 6.20 Å². The van der Waals surface area contributed by atoms with Gasteiger partial charge in [0.15, 0.2) is 0 Å². The van der Waals surface area contributed by atoms with Gasteiger partial charge in [-0.2, -0.15) is 4.98 Å². The summed E-state index contributed by atoms with van der Waals surface area (Å²) in [7, 11) is 0. The molecule has 19 heavy (non-hydrogen) atoms. The Bertz CT molecular complexity index is 474. The standard InChI is InChI=1S/C13H21N5O/c1-7(2)9-6-16-13(15)18-12(9)17-10-5-3-4-8(10)11(14)19/h6-8,10H,3-5H2,1-2H3,(H2,14,19)(H3,15,16,17,18)/t8-,10+/m0/s1. The fraction of sp³-hybridized carbons (Fsp3) is 0.615. The van der Waals surface area contributed by atoms with Crippen molar-refractivity contribution in [3.8, 4) is 0 Å². The monoisotopic (exact) mass is 263 g/mol. The number of primary amides is 1. The van der Waals surface area contributed by atoms with Gasteiger partial charge in [0.1, 0.15) is 5.82 Å². The van der Waals surface area contributed by atoms with Crippen LogP contribution in [0.5, 0.6) is 0 Å². The second-order valence-electron chi connectivity index (χ2n) is 5.38. The van der Waals surface area contributed by atoms with E-state index < -0.39 is 0 Å². The number of amides is 1. The molecule has 2 atom stereocenters. The van der Waals surface area contributed by atoms with Crippen LogP contribution in [-0.4, -0.2) is 21.9 Å². The number of carbonyl (C=O) groups excluding carboxylic acids is 1. The average Bonchev–Trinajstić information content (AvgIpc) is 2.76. The Balaban J connectivity index is 2.22. The Labute approximate surface area is 113 Å². The topological polar surface area (TPSA) is 107 Å². The normalized spacial score (nSPS) is 22.7. The minimum atomic E-state index is -0.247. The molecule has 0 saturated heterocycles. The number of rotatable bonds is 4. The van der Waals surface area contributed by atoms with Crippen LogP contribution in [0, 0.1) is 5.92 Å². The number of aromatic nitrogens is 2. The number of hydrogen-bond acceptors (Lipinski definition) is 5. The maximum absolute atomic E-state index is 11.4. The van der Waals surface area contributed by atoms with Crippen LogP contribution in [0.2, 0.25) is 0 Å². The van der Waals surface area contributed by atoms with Crippen molar-refractivity contribution in [1.82, 2.24) is 9.97 Å². The van der Waals surface area contributed by atoms with Crippen LogP contribution in [0.3, 0.4) is 0 Å². The molecule has 1 aliphatic rings. The van der Waals surface area contributed by atoms with Crippen LogP contribution >= 0.6 is 0 Å². The molecule has 1 aliphatic carbocycles. The molecule has 5 N–H and O–H groups in total. The maximum atomic E-state index is 11.4. The molecule has 1 amide bonds. The second kappa shape index (κ2) is 5.42. The van der Waals surface area contributed by atoms with E-state index >= 15 is 0 Å². The molecular formula is C13H21N5O. The van der Waals surface area contributed by atoms with Crippen molar-refractivity contribution < 1.29 is 4.79 Å². The molecule has 2 rings (SSSR count). The van der Waals surface area contributed by atoms with Crippen molar-refractivity contribution in [2.45, 2.75) is 45.1 Å². The van der Waals surface area contributed by atoms with Gasteiger partial charge in [-0.3, -0.25) is 4.79 Å². The molecule has 1 fully saturated rings. The highest BCUT2D eigenvalue weighted by molar-refractivity contribution is 5.78. The molecule has 1 aromatic rings. The smallest absolute Gasteiger partial charge is 0.222 e. The van der Waals surface area contributed by atoms with Gasteiger partial charge in [-0.15, -0.1) is 0 Å². The SMILES string of the molecule is CC(C)c1cnc(N)nc1N[C@@H]1CCC[C@@H]1C(N)=O. The quantitative estimate of drug-likeness (QED) is 0.757. The Morgan fingerprint density at radius 3 is 2.84 bits per heavy atom. The predicted octanol–water partition coefficient (Wildman–Crippen LogP) is 1.25. The summed E-state index contributed by atoms with van der Waals surface area (Å²) in [5.41, 5.74) is 12.1. The third kappa shape index (κ3) is 2.94. The Hall–Kier alpha value is -1.85. The first-order chi connectivity index (χ1) is 8.99. The molecule has 6 heteroatoms. The highest BCUT2D eigenvalue weighted by Crippen LogP contribution is 2.30. The number of nitrogens with zero attached hydrogens (tertiary/aromatic N) is 2. The zero-order valence-corrected chi connectivity index (χ0v) is 11.4. The third-order valence-electron chi connectivity index (χ3n) is 3.66. The lowest BCUT2D eigenvalue weighted by molar-refractivity contribution is -0.121. The van der Waals surface area contributed by atoms with E-state index in [2.05, 4.69) is 29.1 Å². The highest BCUT2D eigenvalue weighted by atomic mass is 16.1. The molecule has 1 saturated carbocycles. The van der Waals surface area contributed by atoms with E-state index in [0.717, 1.165) is 30.6 Å². The summed E-state index contributed by atoms with van der Waals surface area (Å²) < 4.78 is 0. The van der Waals surface area contributed by atoms with Gasteiger partial charge in [-0.05, 0) is 18.8 Å². The predicted molar refractivity (Wildman–Crippen MR) is 74.5 cm³/mol. The summed E-state index contributed by atoms with van der Waals surface area (Å²) in [6, 6.07) is 0.0456. The van der Waals surface area contributed by atoms with Crippen molar-refractivity contribution in [2.24, 2.45) is 11.7 Å². The van der Waals surface area contributed by atoms with Gasteiger partial charge in [0.25, 0.3) is 0 Å². The Morgan fingerprint density at radius 2 is 2.21 bits per heavy atom. The summed E-state index contributed by atoms with van der Waals surface area (Å²) in [6.45, 7) is 4.14. The number of anilines is 2. The van der Waals surface area contributed by atoms with Crippen LogP contribution in [0.1, 0.15) is 44.6 Å². The van der Waals surface area contributed by atoms with E-state index in [9.17, 15) is 4.79 Å². The largest absolute Gasteiger partial charge is 0.369 e. The van der Waals surface area contributed by atoms with Crippen molar-refractivity contribution in [3.05, 3.63) is 11.8 Å². The minimum Gasteiger partial charge on any atom is -0.369 e. The van der Waals surface area contributed by atoms with Crippen LogP contribution in [0.15, 0.2) is 6.20 Å². The van der Waals surface area contributed by atoms with Gasteiger partial charge in [0.2, 0.25) is 11.9 Å². The molecule has 0 bridgehead atoms.